The van der Waals surface area contributed by atoms with Crippen LogP contribution in [0.3, 0.4) is 0 Å². The molecule has 1 amide bonds. The Balaban J connectivity index is 1.73. The Morgan fingerprint density at radius 2 is 2.16 bits per heavy atom. The molecule has 1 aromatic rings. The first-order valence-electron chi connectivity index (χ1n) is 6.68. The number of nitrogens with one attached hydrogen (secondary N) is 1. The number of para-hydroxylation sites is 1. The van der Waals surface area contributed by atoms with Crippen molar-refractivity contribution in [3.63, 3.8) is 0 Å². The molecule has 2 unspecified atom stereocenters. The zero-order chi connectivity index (χ0) is 13.4. The monoisotopic (exact) mass is 260 g/mol. The van der Waals surface area contributed by atoms with Gasteiger partial charge in [0.05, 0.1) is 5.94 Å². The molecule has 1 fully saturated rings. The van der Waals surface area contributed by atoms with Crippen LogP contribution in [-0.2, 0) is 11.2 Å². The summed E-state index contributed by atoms with van der Waals surface area (Å²) in [5.41, 5.74) is 2.14. The van der Waals surface area contributed by atoms with Gasteiger partial charge in [-0.1, -0.05) is 18.2 Å². The summed E-state index contributed by atoms with van der Waals surface area (Å²) in [6.07, 6.45) is 2.15. The fourth-order valence-corrected chi connectivity index (χ4v) is 3.02. The zero-order valence-electron chi connectivity index (χ0n) is 10.6. The van der Waals surface area contributed by atoms with Crippen molar-refractivity contribution >= 4 is 18.7 Å². The van der Waals surface area contributed by atoms with Crippen LogP contribution in [0.4, 0.5) is 5.69 Å². The Labute approximate surface area is 112 Å². The first-order chi connectivity index (χ1) is 9.16. The third-order valence-electron chi connectivity index (χ3n) is 4.00. The van der Waals surface area contributed by atoms with E-state index in [1.165, 1.54) is 0 Å². The van der Waals surface area contributed by atoms with Crippen LogP contribution >= 0.6 is 0 Å². The van der Waals surface area contributed by atoms with Gasteiger partial charge < -0.3 is 20.3 Å². The molecule has 0 bridgehead atoms. The fourth-order valence-electron chi connectivity index (χ4n) is 3.02. The molecule has 2 atom stereocenters. The quantitative estimate of drug-likeness (QED) is 0.656. The number of likely N-dealkylation sites (tertiary alicyclic amines) is 1. The average molecular weight is 260 g/mol. The van der Waals surface area contributed by atoms with Gasteiger partial charge in [0.2, 0.25) is 5.91 Å². The number of rotatable bonds is 2. The minimum absolute atomic E-state index is 0.0354. The summed E-state index contributed by atoms with van der Waals surface area (Å²) in [5, 5.41) is 21.9. The number of hydrogen-bond acceptors (Lipinski definition) is 4. The topological polar surface area (TPSA) is 72.8 Å². The second kappa shape index (κ2) is 4.87. The SMILES string of the molecule is O=C(C1Cc2ccccc2N1)N1CCCC1B(O)O. The molecule has 2 heterocycles. The van der Waals surface area contributed by atoms with Gasteiger partial charge in [-0.25, -0.2) is 0 Å². The van der Waals surface area contributed by atoms with Crippen LogP contribution in [0.1, 0.15) is 18.4 Å². The van der Waals surface area contributed by atoms with Gasteiger partial charge in [-0.05, 0) is 24.5 Å². The van der Waals surface area contributed by atoms with Crippen molar-refractivity contribution in [3.05, 3.63) is 29.8 Å². The van der Waals surface area contributed by atoms with Crippen molar-refractivity contribution in [2.75, 3.05) is 11.9 Å². The second-order valence-electron chi connectivity index (χ2n) is 5.21. The molecule has 3 rings (SSSR count). The van der Waals surface area contributed by atoms with Gasteiger partial charge in [0.15, 0.2) is 0 Å². The Morgan fingerprint density at radius 1 is 1.37 bits per heavy atom. The van der Waals surface area contributed by atoms with Crippen molar-refractivity contribution in [1.82, 2.24) is 4.90 Å². The van der Waals surface area contributed by atoms with Crippen LogP contribution in [0.15, 0.2) is 24.3 Å². The molecule has 1 saturated heterocycles. The van der Waals surface area contributed by atoms with Gasteiger partial charge >= 0.3 is 7.12 Å². The van der Waals surface area contributed by atoms with Crippen LogP contribution < -0.4 is 5.32 Å². The van der Waals surface area contributed by atoms with Gasteiger partial charge in [-0.15, -0.1) is 0 Å². The Kier molecular flexibility index (Phi) is 3.20. The highest BCUT2D eigenvalue weighted by Gasteiger charge is 2.40. The summed E-state index contributed by atoms with van der Waals surface area (Å²) in [6.45, 7) is 0.607. The molecule has 0 saturated carbocycles. The lowest BCUT2D eigenvalue weighted by molar-refractivity contribution is -0.131. The van der Waals surface area contributed by atoms with E-state index in [-0.39, 0.29) is 11.9 Å². The lowest BCUT2D eigenvalue weighted by atomic mass is 9.77. The van der Waals surface area contributed by atoms with Crippen LogP contribution in [0.5, 0.6) is 0 Å². The van der Waals surface area contributed by atoms with E-state index in [0.717, 1.165) is 17.7 Å². The number of carbonyl (C=O) groups excluding carboxylic acids is 1. The number of fused-ring (bicyclic) bond motifs is 1. The predicted octanol–water partition coefficient (Wildman–Crippen LogP) is 0.0262. The van der Waals surface area contributed by atoms with E-state index in [2.05, 4.69) is 5.32 Å². The summed E-state index contributed by atoms with van der Waals surface area (Å²) >= 11 is 0. The van der Waals surface area contributed by atoms with Crippen LogP contribution in [0.25, 0.3) is 0 Å². The number of benzene rings is 1. The molecule has 0 radical (unpaired) electrons. The Morgan fingerprint density at radius 3 is 2.89 bits per heavy atom. The van der Waals surface area contributed by atoms with Gasteiger partial charge in [-0.3, -0.25) is 4.79 Å². The van der Waals surface area contributed by atoms with Crippen molar-refractivity contribution in [2.45, 2.75) is 31.2 Å². The average Bonchev–Trinajstić information content (AvgIpc) is 3.04. The smallest absolute Gasteiger partial charge is 0.426 e. The number of nitrogens with zero attached hydrogens (tertiary/aromatic N) is 1. The fraction of sp³-hybridized carbons (Fsp3) is 0.462. The summed E-state index contributed by atoms with van der Waals surface area (Å²) in [7, 11) is -1.45. The molecular weight excluding hydrogens is 243 g/mol. The van der Waals surface area contributed by atoms with Crippen molar-refractivity contribution in [3.8, 4) is 0 Å². The number of anilines is 1. The zero-order valence-corrected chi connectivity index (χ0v) is 10.6. The van der Waals surface area contributed by atoms with E-state index in [4.69, 9.17) is 0 Å². The van der Waals surface area contributed by atoms with E-state index in [0.29, 0.717) is 19.4 Å². The predicted molar refractivity (Wildman–Crippen MR) is 72.5 cm³/mol. The maximum absolute atomic E-state index is 12.5. The van der Waals surface area contributed by atoms with E-state index < -0.39 is 13.1 Å². The van der Waals surface area contributed by atoms with Gasteiger partial charge in [0.25, 0.3) is 0 Å². The molecule has 0 aliphatic carbocycles. The van der Waals surface area contributed by atoms with Gasteiger partial charge in [0.1, 0.15) is 6.04 Å². The maximum atomic E-state index is 12.5. The van der Waals surface area contributed by atoms with Crippen molar-refractivity contribution in [1.29, 1.82) is 0 Å². The van der Waals surface area contributed by atoms with Crippen LogP contribution in [0, 0.1) is 0 Å². The molecule has 3 N–H and O–H groups in total. The van der Waals surface area contributed by atoms with E-state index in [1.54, 1.807) is 4.90 Å². The standard InChI is InChI=1S/C13H17BN2O3/c17-13(16-7-3-6-12(16)14(18)19)11-8-9-4-1-2-5-10(9)15-11/h1-2,4-5,11-12,15,18-19H,3,6-8H2. The lowest BCUT2D eigenvalue weighted by Gasteiger charge is -2.27. The molecule has 2 aliphatic heterocycles. The third-order valence-corrected chi connectivity index (χ3v) is 4.00. The summed E-state index contributed by atoms with van der Waals surface area (Å²) in [5.74, 6) is -0.496. The van der Waals surface area contributed by atoms with E-state index >= 15 is 0 Å². The molecule has 5 nitrogen and oxygen atoms in total. The number of carbonyl (C=O) groups is 1. The lowest BCUT2D eigenvalue weighted by Crippen LogP contribution is -2.50. The summed E-state index contributed by atoms with van der Waals surface area (Å²) in [6, 6.07) is 7.60. The molecule has 100 valence electrons. The summed E-state index contributed by atoms with van der Waals surface area (Å²) < 4.78 is 0. The molecule has 19 heavy (non-hydrogen) atoms. The molecule has 0 aromatic heterocycles. The highest BCUT2D eigenvalue weighted by Crippen LogP contribution is 2.28. The minimum Gasteiger partial charge on any atom is -0.426 e. The molecule has 2 aliphatic rings. The Hall–Kier alpha value is -1.53. The normalized spacial score (nSPS) is 25.1. The molecular formula is C13H17BN2O3. The number of amides is 1. The van der Waals surface area contributed by atoms with E-state index in [9.17, 15) is 14.8 Å². The summed E-state index contributed by atoms with van der Waals surface area (Å²) in [4.78, 5) is 14.1. The van der Waals surface area contributed by atoms with E-state index in [1.807, 2.05) is 24.3 Å². The second-order valence-corrected chi connectivity index (χ2v) is 5.21. The Bertz CT molecular complexity index is 470. The third kappa shape index (κ3) is 2.22. The molecule has 1 aromatic carbocycles. The minimum atomic E-state index is -1.45. The first kappa shape index (κ1) is 12.5. The van der Waals surface area contributed by atoms with Crippen molar-refractivity contribution < 1.29 is 14.8 Å². The highest BCUT2D eigenvalue weighted by molar-refractivity contribution is 6.43. The maximum Gasteiger partial charge on any atom is 0.475 e. The van der Waals surface area contributed by atoms with Gasteiger partial charge in [-0.2, -0.15) is 0 Å². The largest absolute Gasteiger partial charge is 0.475 e. The van der Waals surface area contributed by atoms with Gasteiger partial charge in [0, 0.05) is 18.7 Å². The number of hydrogen-bond donors (Lipinski definition) is 3. The first-order valence-corrected chi connectivity index (χ1v) is 6.68. The molecule has 0 spiro atoms. The van der Waals surface area contributed by atoms with Crippen LogP contribution in [-0.4, -0.2) is 46.5 Å². The van der Waals surface area contributed by atoms with Crippen LogP contribution in [0.2, 0.25) is 0 Å². The highest BCUT2D eigenvalue weighted by atomic mass is 16.4. The molecule has 6 heteroatoms. The van der Waals surface area contributed by atoms with Crippen molar-refractivity contribution in [2.24, 2.45) is 0 Å².